The molecule has 2 aromatic carbocycles. The monoisotopic (exact) mass is 395 g/mol. The number of nitrogens with one attached hydrogen (secondary N) is 2. The highest BCUT2D eigenvalue weighted by atomic mass is 35.5. The van der Waals surface area contributed by atoms with Gasteiger partial charge >= 0.3 is 0 Å². The van der Waals surface area contributed by atoms with Gasteiger partial charge in [0, 0.05) is 46.9 Å². The van der Waals surface area contributed by atoms with E-state index in [0.717, 1.165) is 35.3 Å². The van der Waals surface area contributed by atoms with E-state index in [0.29, 0.717) is 22.6 Å². The molecule has 0 atom stereocenters. The third kappa shape index (κ3) is 3.55. The van der Waals surface area contributed by atoms with Crippen molar-refractivity contribution in [3.63, 3.8) is 0 Å². The summed E-state index contributed by atoms with van der Waals surface area (Å²) >= 11 is 5.96. The number of aromatic nitrogens is 1. The van der Waals surface area contributed by atoms with Gasteiger partial charge in [-0.15, -0.1) is 0 Å². The molecule has 0 spiro atoms. The molecule has 0 bridgehead atoms. The summed E-state index contributed by atoms with van der Waals surface area (Å²) in [7, 11) is 0. The van der Waals surface area contributed by atoms with Crippen LogP contribution in [-0.2, 0) is 17.8 Å². The van der Waals surface area contributed by atoms with E-state index in [2.05, 4.69) is 10.3 Å². The highest BCUT2D eigenvalue weighted by Crippen LogP contribution is 2.22. The second kappa shape index (κ2) is 7.41. The number of rotatable bonds is 3. The standard InChI is InChI=1S/C22H22ClN3O2/c1-13-6-7-17-21(14(13)2)25-19-8-9-26(11-18(19)22(17)28)12-20(27)24-16-5-3-4-15(23)10-16/h3-7,10H,8-9,11-12H2,1-2H3,(H,24,27)(H,25,28). The lowest BCUT2D eigenvalue weighted by Crippen LogP contribution is -2.39. The molecule has 0 saturated heterocycles. The van der Waals surface area contributed by atoms with E-state index in [9.17, 15) is 9.59 Å². The number of amides is 1. The Hall–Kier alpha value is -2.63. The molecule has 0 fully saturated rings. The zero-order chi connectivity index (χ0) is 19.8. The summed E-state index contributed by atoms with van der Waals surface area (Å²) in [6.45, 7) is 5.51. The summed E-state index contributed by atoms with van der Waals surface area (Å²) in [6, 6.07) is 10.9. The van der Waals surface area contributed by atoms with Crippen LogP contribution < -0.4 is 10.7 Å². The SMILES string of the molecule is Cc1ccc2c(=O)c3c([nH]c2c1C)CCN(CC(=O)Nc1cccc(Cl)c1)C3. The number of benzene rings is 2. The molecule has 3 aromatic rings. The summed E-state index contributed by atoms with van der Waals surface area (Å²) in [5.41, 5.74) is 5.68. The minimum atomic E-state index is -0.116. The number of aromatic amines is 1. The van der Waals surface area contributed by atoms with Crippen LogP contribution in [0.3, 0.4) is 0 Å². The Labute approximate surface area is 168 Å². The molecule has 6 heteroatoms. The molecule has 144 valence electrons. The molecule has 2 heterocycles. The van der Waals surface area contributed by atoms with Gasteiger partial charge in [0.1, 0.15) is 0 Å². The number of hydrogen-bond donors (Lipinski definition) is 2. The van der Waals surface area contributed by atoms with Crippen LogP contribution >= 0.6 is 11.6 Å². The molecule has 1 amide bonds. The average molecular weight is 396 g/mol. The lowest BCUT2D eigenvalue weighted by molar-refractivity contribution is -0.117. The zero-order valence-corrected chi connectivity index (χ0v) is 16.7. The molecule has 5 nitrogen and oxygen atoms in total. The van der Waals surface area contributed by atoms with Crippen LogP contribution in [0.1, 0.15) is 22.4 Å². The number of H-pyrrole nitrogens is 1. The number of halogens is 1. The number of pyridine rings is 1. The van der Waals surface area contributed by atoms with Crippen molar-refractivity contribution in [1.29, 1.82) is 0 Å². The van der Waals surface area contributed by atoms with Gasteiger partial charge in [-0.2, -0.15) is 0 Å². The largest absolute Gasteiger partial charge is 0.358 e. The van der Waals surface area contributed by atoms with Crippen molar-refractivity contribution >= 4 is 34.1 Å². The van der Waals surface area contributed by atoms with Gasteiger partial charge in [0.25, 0.3) is 0 Å². The van der Waals surface area contributed by atoms with Crippen molar-refractivity contribution in [2.75, 3.05) is 18.4 Å². The van der Waals surface area contributed by atoms with Crippen LogP contribution in [0.5, 0.6) is 0 Å². The lowest BCUT2D eigenvalue weighted by atomic mass is 9.99. The number of aryl methyl sites for hydroxylation is 2. The molecular weight excluding hydrogens is 374 g/mol. The Kier molecular flexibility index (Phi) is 4.96. The van der Waals surface area contributed by atoms with E-state index < -0.39 is 0 Å². The Morgan fingerprint density at radius 1 is 1.25 bits per heavy atom. The van der Waals surface area contributed by atoms with Crippen LogP contribution in [0.15, 0.2) is 41.2 Å². The molecule has 0 radical (unpaired) electrons. The fourth-order valence-corrected chi connectivity index (χ4v) is 3.94. The van der Waals surface area contributed by atoms with Crippen LogP contribution in [0.2, 0.25) is 5.02 Å². The predicted molar refractivity (Wildman–Crippen MR) is 113 cm³/mol. The highest BCUT2D eigenvalue weighted by Gasteiger charge is 2.23. The van der Waals surface area contributed by atoms with Crippen molar-refractivity contribution in [3.05, 3.63) is 74.0 Å². The van der Waals surface area contributed by atoms with E-state index in [-0.39, 0.29) is 17.9 Å². The molecule has 0 saturated carbocycles. The van der Waals surface area contributed by atoms with Crippen LogP contribution in [0, 0.1) is 13.8 Å². The number of nitrogens with zero attached hydrogens (tertiary/aromatic N) is 1. The van der Waals surface area contributed by atoms with E-state index >= 15 is 0 Å². The average Bonchev–Trinajstić information content (AvgIpc) is 2.66. The Bertz CT molecular complexity index is 1140. The van der Waals surface area contributed by atoms with Crippen LogP contribution in [0.25, 0.3) is 10.9 Å². The fourth-order valence-electron chi connectivity index (χ4n) is 3.75. The van der Waals surface area contributed by atoms with Gasteiger partial charge in [-0.1, -0.05) is 23.7 Å². The summed E-state index contributed by atoms with van der Waals surface area (Å²) in [5, 5.41) is 4.15. The molecule has 4 rings (SSSR count). The van der Waals surface area contributed by atoms with Crippen LogP contribution in [0.4, 0.5) is 5.69 Å². The Balaban J connectivity index is 1.54. The smallest absolute Gasteiger partial charge is 0.238 e. The molecule has 2 N–H and O–H groups in total. The molecule has 1 aliphatic rings. The topological polar surface area (TPSA) is 65.2 Å². The molecule has 1 aliphatic heterocycles. The predicted octanol–water partition coefficient (Wildman–Crippen LogP) is 3.80. The van der Waals surface area contributed by atoms with Crippen molar-refractivity contribution in [2.24, 2.45) is 0 Å². The quantitative estimate of drug-likeness (QED) is 0.709. The fraction of sp³-hybridized carbons (Fsp3) is 0.273. The van der Waals surface area contributed by atoms with E-state index in [4.69, 9.17) is 11.6 Å². The first-order chi connectivity index (χ1) is 13.4. The lowest BCUT2D eigenvalue weighted by Gasteiger charge is -2.28. The first-order valence-electron chi connectivity index (χ1n) is 9.34. The van der Waals surface area contributed by atoms with Crippen molar-refractivity contribution < 1.29 is 4.79 Å². The van der Waals surface area contributed by atoms with Gasteiger partial charge in [-0.3, -0.25) is 14.5 Å². The van der Waals surface area contributed by atoms with Crippen molar-refractivity contribution in [1.82, 2.24) is 9.88 Å². The minimum absolute atomic E-state index is 0.0619. The number of carbonyl (C=O) groups excluding carboxylic acids is 1. The maximum absolute atomic E-state index is 13.0. The first kappa shape index (κ1) is 18.7. The Morgan fingerprint density at radius 3 is 2.86 bits per heavy atom. The second-order valence-corrected chi connectivity index (χ2v) is 7.80. The van der Waals surface area contributed by atoms with Crippen molar-refractivity contribution in [3.8, 4) is 0 Å². The summed E-state index contributed by atoms with van der Waals surface area (Å²) in [6.07, 6.45) is 0.721. The second-order valence-electron chi connectivity index (χ2n) is 7.36. The number of hydrogen-bond acceptors (Lipinski definition) is 3. The van der Waals surface area contributed by atoms with Gasteiger partial charge in [-0.25, -0.2) is 0 Å². The van der Waals surface area contributed by atoms with Crippen LogP contribution in [-0.4, -0.2) is 28.9 Å². The highest BCUT2D eigenvalue weighted by molar-refractivity contribution is 6.30. The number of fused-ring (bicyclic) bond motifs is 2. The minimum Gasteiger partial charge on any atom is -0.358 e. The van der Waals surface area contributed by atoms with E-state index in [1.165, 1.54) is 5.56 Å². The molecular formula is C22H22ClN3O2. The van der Waals surface area contributed by atoms with Gasteiger partial charge < -0.3 is 10.3 Å². The third-order valence-corrected chi connectivity index (χ3v) is 5.67. The maximum Gasteiger partial charge on any atom is 0.238 e. The first-order valence-corrected chi connectivity index (χ1v) is 9.72. The van der Waals surface area contributed by atoms with Gasteiger partial charge in [-0.05, 0) is 49.2 Å². The van der Waals surface area contributed by atoms with Gasteiger partial charge in [0.05, 0.1) is 12.1 Å². The molecule has 0 aliphatic carbocycles. The molecule has 28 heavy (non-hydrogen) atoms. The van der Waals surface area contributed by atoms with Gasteiger partial charge in [0.15, 0.2) is 5.43 Å². The summed E-state index contributed by atoms with van der Waals surface area (Å²) < 4.78 is 0. The number of anilines is 1. The van der Waals surface area contributed by atoms with E-state index in [1.54, 1.807) is 24.3 Å². The number of carbonyl (C=O) groups is 1. The maximum atomic E-state index is 13.0. The zero-order valence-electron chi connectivity index (χ0n) is 15.9. The third-order valence-electron chi connectivity index (χ3n) is 5.43. The summed E-state index contributed by atoms with van der Waals surface area (Å²) in [5.74, 6) is -0.116. The van der Waals surface area contributed by atoms with E-state index in [1.807, 2.05) is 30.9 Å². The summed E-state index contributed by atoms with van der Waals surface area (Å²) in [4.78, 5) is 30.9. The van der Waals surface area contributed by atoms with Crippen molar-refractivity contribution in [2.45, 2.75) is 26.8 Å². The Morgan fingerprint density at radius 2 is 2.07 bits per heavy atom. The normalized spacial score (nSPS) is 14.1. The van der Waals surface area contributed by atoms with Gasteiger partial charge in [0.2, 0.25) is 5.91 Å². The molecule has 1 aromatic heterocycles. The molecule has 0 unspecified atom stereocenters.